The standard InChI is InChI=1S/C43H52ClN5O7/c1-5-20-48(21-6-2)43(54)37(45-41(52)31-10-8-7-9-11-31)17-19-39(50)47-24-22-46(23-25-47)26-27-56-40(51)29-35-30(3)49(38-18-16-34(55-4)28-36(35)38)42(53)32-12-14-33(44)15-13-32/h7-16,18,28,37H,5-6,17,19-27,29H2,1-4H3,(H,45,52). The lowest BCUT2D eigenvalue weighted by molar-refractivity contribution is -0.143. The van der Waals surface area contributed by atoms with Gasteiger partial charge in [0, 0.05) is 79.5 Å². The van der Waals surface area contributed by atoms with Crippen LogP contribution in [0.2, 0.25) is 5.02 Å². The molecule has 13 heteroatoms. The van der Waals surface area contributed by atoms with Crippen molar-refractivity contribution in [2.24, 2.45) is 0 Å². The van der Waals surface area contributed by atoms with E-state index >= 15 is 0 Å². The maximum atomic E-state index is 13.6. The van der Waals surface area contributed by atoms with E-state index in [1.165, 1.54) is 0 Å². The molecule has 1 aliphatic heterocycles. The van der Waals surface area contributed by atoms with Gasteiger partial charge in [-0.2, -0.15) is 0 Å². The molecule has 1 aliphatic rings. The fraction of sp³-hybridized carbons (Fsp3) is 0.419. The van der Waals surface area contributed by atoms with Crippen LogP contribution in [0.5, 0.6) is 5.75 Å². The summed E-state index contributed by atoms with van der Waals surface area (Å²) in [6.07, 6.45) is 1.89. The molecule has 0 bridgehead atoms. The number of rotatable bonds is 17. The van der Waals surface area contributed by atoms with Crippen LogP contribution in [0.3, 0.4) is 0 Å². The molecule has 1 N–H and O–H groups in total. The lowest BCUT2D eigenvalue weighted by Crippen LogP contribution is -2.51. The molecule has 0 aliphatic carbocycles. The third kappa shape index (κ3) is 10.6. The molecular formula is C43H52ClN5O7. The van der Waals surface area contributed by atoms with Crippen molar-refractivity contribution < 1.29 is 33.4 Å². The minimum Gasteiger partial charge on any atom is -0.497 e. The van der Waals surface area contributed by atoms with Gasteiger partial charge >= 0.3 is 5.97 Å². The van der Waals surface area contributed by atoms with Gasteiger partial charge in [-0.3, -0.25) is 33.4 Å². The topological polar surface area (TPSA) is 130 Å². The molecule has 4 aromatic rings. The van der Waals surface area contributed by atoms with Crippen molar-refractivity contribution in [2.45, 2.75) is 58.9 Å². The predicted octanol–water partition coefficient (Wildman–Crippen LogP) is 5.76. The Balaban J connectivity index is 1.13. The summed E-state index contributed by atoms with van der Waals surface area (Å²) in [6, 6.07) is 20.0. The first-order valence-electron chi connectivity index (χ1n) is 19.3. The van der Waals surface area contributed by atoms with Crippen molar-refractivity contribution >= 4 is 52.1 Å². The maximum absolute atomic E-state index is 13.6. The van der Waals surface area contributed by atoms with Gasteiger partial charge in [0.15, 0.2) is 0 Å². The van der Waals surface area contributed by atoms with Crippen LogP contribution < -0.4 is 10.1 Å². The number of methoxy groups -OCH3 is 1. The SMILES string of the molecule is CCCN(CCC)C(=O)C(CCC(=O)N1CCN(CCOC(=O)Cc2c(C)n(C(=O)c3ccc(Cl)cc3)c3ccc(OC)cc23)CC1)NC(=O)c1ccccc1. The summed E-state index contributed by atoms with van der Waals surface area (Å²) < 4.78 is 12.7. The Bertz CT molecular complexity index is 1990. The Labute approximate surface area is 333 Å². The highest BCUT2D eigenvalue weighted by Crippen LogP contribution is 2.31. The zero-order chi connectivity index (χ0) is 40.2. The lowest BCUT2D eigenvalue weighted by Gasteiger charge is -2.35. The highest BCUT2D eigenvalue weighted by atomic mass is 35.5. The normalized spacial score (nSPS) is 13.6. The molecule has 3 aromatic carbocycles. The zero-order valence-electron chi connectivity index (χ0n) is 32.7. The van der Waals surface area contributed by atoms with Gasteiger partial charge in [-0.15, -0.1) is 0 Å². The number of halogens is 1. The monoisotopic (exact) mass is 785 g/mol. The Kier molecular flexibility index (Phi) is 15.1. The average Bonchev–Trinajstić information content (AvgIpc) is 3.48. The average molecular weight is 786 g/mol. The number of benzene rings is 3. The molecule has 5 rings (SSSR count). The van der Waals surface area contributed by atoms with Crippen molar-refractivity contribution in [1.29, 1.82) is 0 Å². The molecule has 1 unspecified atom stereocenters. The number of carbonyl (C=O) groups excluding carboxylic acids is 5. The molecule has 0 radical (unpaired) electrons. The van der Waals surface area contributed by atoms with Gasteiger partial charge < -0.3 is 24.6 Å². The highest BCUT2D eigenvalue weighted by molar-refractivity contribution is 6.30. The van der Waals surface area contributed by atoms with Crippen molar-refractivity contribution in [3.63, 3.8) is 0 Å². The molecule has 1 saturated heterocycles. The van der Waals surface area contributed by atoms with Gasteiger partial charge in [0.25, 0.3) is 11.8 Å². The second-order valence-electron chi connectivity index (χ2n) is 14.0. The second kappa shape index (κ2) is 20.1. The number of esters is 1. The number of amides is 3. The van der Waals surface area contributed by atoms with E-state index in [1.807, 2.05) is 39.0 Å². The van der Waals surface area contributed by atoms with Crippen molar-refractivity contribution in [3.05, 3.63) is 100 Å². The Morgan fingerprint density at radius 2 is 1.55 bits per heavy atom. The van der Waals surface area contributed by atoms with E-state index in [0.29, 0.717) is 84.5 Å². The van der Waals surface area contributed by atoms with Gasteiger partial charge in [0.05, 0.1) is 19.0 Å². The molecular weight excluding hydrogens is 734 g/mol. The maximum Gasteiger partial charge on any atom is 0.310 e. The van der Waals surface area contributed by atoms with Crippen LogP contribution in [0.4, 0.5) is 0 Å². The van der Waals surface area contributed by atoms with Gasteiger partial charge in [-0.05, 0) is 86.3 Å². The molecule has 1 atom stereocenters. The van der Waals surface area contributed by atoms with Crippen molar-refractivity contribution in [1.82, 2.24) is 24.6 Å². The van der Waals surface area contributed by atoms with E-state index < -0.39 is 12.0 Å². The van der Waals surface area contributed by atoms with Gasteiger partial charge in [0.1, 0.15) is 18.4 Å². The first-order chi connectivity index (χ1) is 27.0. The van der Waals surface area contributed by atoms with Crippen LogP contribution >= 0.6 is 11.6 Å². The number of carbonyl (C=O) groups is 5. The Morgan fingerprint density at radius 1 is 0.875 bits per heavy atom. The fourth-order valence-corrected chi connectivity index (χ4v) is 7.23. The first-order valence-corrected chi connectivity index (χ1v) is 19.7. The molecule has 2 heterocycles. The van der Waals surface area contributed by atoms with E-state index in [0.717, 1.165) is 18.2 Å². The van der Waals surface area contributed by atoms with E-state index in [-0.39, 0.29) is 49.5 Å². The Hall–Kier alpha value is -5.20. The number of ether oxygens (including phenoxy) is 2. The van der Waals surface area contributed by atoms with Gasteiger partial charge in [-0.25, -0.2) is 0 Å². The van der Waals surface area contributed by atoms with Crippen LogP contribution in [0.1, 0.15) is 71.5 Å². The van der Waals surface area contributed by atoms with Crippen molar-refractivity contribution in [2.75, 3.05) is 59.5 Å². The molecule has 0 spiro atoms. The summed E-state index contributed by atoms with van der Waals surface area (Å²) in [7, 11) is 1.57. The van der Waals surface area contributed by atoms with E-state index in [9.17, 15) is 24.0 Å². The van der Waals surface area contributed by atoms with Crippen molar-refractivity contribution in [3.8, 4) is 5.75 Å². The van der Waals surface area contributed by atoms with Crippen LogP contribution in [0.25, 0.3) is 10.9 Å². The quantitative estimate of drug-likeness (QED) is 0.134. The molecule has 1 fully saturated rings. The summed E-state index contributed by atoms with van der Waals surface area (Å²) in [4.78, 5) is 72.5. The van der Waals surface area contributed by atoms with E-state index in [1.54, 1.807) is 76.1 Å². The van der Waals surface area contributed by atoms with Crippen LogP contribution in [-0.2, 0) is 25.5 Å². The number of aromatic nitrogens is 1. The summed E-state index contributed by atoms with van der Waals surface area (Å²) >= 11 is 6.05. The van der Waals surface area contributed by atoms with E-state index in [4.69, 9.17) is 21.1 Å². The minimum atomic E-state index is -0.813. The van der Waals surface area contributed by atoms with Crippen LogP contribution in [-0.4, -0.2) is 114 Å². The molecule has 56 heavy (non-hydrogen) atoms. The summed E-state index contributed by atoms with van der Waals surface area (Å²) in [5.41, 5.74) is 2.91. The van der Waals surface area contributed by atoms with E-state index in [2.05, 4.69) is 10.2 Å². The number of nitrogens with zero attached hydrogens (tertiary/aromatic N) is 4. The third-order valence-corrected chi connectivity index (χ3v) is 10.4. The number of fused-ring (bicyclic) bond motifs is 1. The number of hydrogen-bond donors (Lipinski definition) is 1. The lowest BCUT2D eigenvalue weighted by atomic mass is 10.1. The third-order valence-electron chi connectivity index (χ3n) is 10.1. The molecule has 298 valence electrons. The second-order valence-corrected chi connectivity index (χ2v) is 14.4. The molecule has 0 saturated carbocycles. The number of hydrogen-bond acceptors (Lipinski definition) is 8. The van der Waals surface area contributed by atoms with Crippen LogP contribution in [0, 0.1) is 6.92 Å². The number of nitrogens with one attached hydrogen (secondary N) is 1. The molecule has 12 nitrogen and oxygen atoms in total. The van der Waals surface area contributed by atoms with Crippen LogP contribution in [0.15, 0.2) is 72.8 Å². The summed E-state index contributed by atoms with van der Waals surface area (Å²) in [5.74, 6) is -0.624. The predicted molar refractivity (Wildman–Crippen MR) is 216 cm³/mol. The summed E-state index contributed by atoms with van der Waals surface area (Å²) in [5, 5.41) is 4.16. The minimum absolute atomic E-state index is 0.0252. The Morgan fingerprint density at radius 3 is 2.20 bits per heavy atom. The molecule has 1 aromatic heterocycles. The summed E-state index contributed by atoms with van der Waals surface area (Å²) in [6.45, 7) is 9.90. The smallest absolute Gasteiger partial charge is 0.310 e. The van der Waals surface area contributed by atoms with Gasteiger partial charge in [0.2, 0.25) is 11.8 Å². The number of piperazine rings is 1. The first kappa shape index (κ1) is 42.0. The zero-order valence-corrected chi connectivity index (χ0v) is 33.5. The highest BCUT2D eigenvalue weighted by Gasteiger charge is 2.29. The largest absolute Gasteiger partial charge is 0.497 e. The van der Waals surface area contributed by atoms with Gasteiger partial charge in [-0.1, -0.05) is 43.6 Å². The molecule has 3 amide bonds. The fourth-order valence-electron chi connectivity index (χ4n) is 7.11.